The Kier molecular flexibility index (Phi) is 26.8. The predicted molar refractivity (Wildman–Crippen MR) is 279 cm³/mol. The van der Waals surface area contributed by atoms with Crippen LogP contribution in [0, 0.1) is 0 Å². The van der Waals surface area contributed by atoms with Crippen LogP contribution in [-0.4, -0.2) is 450 Å². The second kappa shape index (κ2) is 32.9. The van der Waals surface area contributed by atoms with Gasteiger partial charge in [0, 0.05) is 0 Å². The van der Waals surface area contributed by atoms with E-state index in [1.807, 2.05) is 0 Å². The van der Waals surface area contributed by atoms with Gasteiger partial charge in [0.05, 0.1) is 59.5 Å². The third-order valence-electron chi connectivity index (χ3n) is 17.5. The highest BCUT2D eigenvalue weighted by Gasteiger charge is 2.58. The topological polar surface area (TPSA) is 683 Å². The van der Waals surface area contributed by atoms with E-state index in [2.05, 4.69) is 0 Å². The number of rotatable bonds is 22. The molecule has 16 unspecified atom stereocenters. The van der Waals surface area contributed by atoms with Crippen molar-refractivity contribution < 1.29 is 213 Å². The van der Waals surface area contributed by atoms with Crippen LogP contribution in [0.2, 0.25) is 0 Å². The van der Waals surface area contributed by atoms with Crippen molar-refractivity contribution in [2.24, 2.45) is 0 Å². The molecule has 43 nitrogen and oxygen atoms in total. The molecule has 0 saturated carbocycles. The Bertz CT molecular complexity index is 2290. The van der Waals surface area contributed by atoms with Crippen LogP contribution in [0.15, 0.2) is 0 Å². The fourth-order valence-corrected chi connectivity index (χ4v) is 11.8. The molecule has 43 heteroatoms. The number of hydrogen-bond donors (Lipinski definition) is 26. The van der Waals surface area contributed by atoms with E-state index in [1.165, 1.54) is 0 Å². The monoisotopic (exact) mass is 1390 g/mol. The van der Waals surface area contributed by atoms with Crippen LogP contribution in [0.3, 0.4) is 0 Å². The van der Waals surface area contributed by atoms with Gasteiger partial charge >= 0.3 is 0 Å². The van der Waals surface area contributed by atoms with Gasteiger partial charge in [-0.2, -0.15) is 0 Å². The summed E-state index contributed by atoms with van der Waals surface area (Å²) in [5, 5.41) is 280. The highest BCUT2D eigenvalue weighted by atomic mass is 16.8. The fourth-order valence-electron chi connectivity index (χ4n) is 11.8. The summed E-state index contributed by atoms with van der Waals surface area (Å²) in [4.78, 5) is 0. The molecule has 0 aromatic carbocycles. The first-order valence-electron chi connectivity index (χ1n) is 29.9. The lowest BCUT2D eigenvalue weighted by atomic mass is 9.95. The molecule has 548 valence electrons. The van der Waals surface area contributed by atoms with Gasteiger partial charge < -0.3 is 213 Å². The molecule has 9 saturated heterocycles. The molecule has 0 aromatic heterocycles. The first-order chi connectivity index (χ1) is 44.5. The van der Waals surface area contributed by atoms with Crippen LogP contribution in [0.4, 0.5) is 0 Å². The summed E-state index contributed by atoms with van der Waals surface area (Å²) in [5.41, 5.74) is 0. The fraction of sp³-hybridized carbons (Fsp3) is 1.00. The van der Waals surface area contributed by atoms with Crippen molar-refractivity contribution in [3.63, 3.8) is 0 Å². The average Bonchev–Trinajstić information content (AvgIpc) is 0.783. The molecule has 0 bridgehead atoms. The van der Waals surface area contributed by atoms with Crippen LogP contribution in [0.5, 0.6) is 0 Å². The van der Waals surface area contributed by atoms with Crippen molar-refractivity contribution in [3.8, 4) is 0 Å². The quantitative estimate of drug-likeness (QED) is 0.0479. The number of aliphatic hydroxyl groups is 26. The smallest absolute Gasteiger partial charge is 0.187 e. The summed E-state index contributed by atoms with van der Waals surface area (Å²) < 4.78 is 97.1. The molecular formula is C51H86O43. The lowest BCUT2D eigenvalue weighted by molar-refractivity contribution is -0.397. The van der Waals surface area contributed by atoms with Crippen LogP contribution < -0.4 is 0 Å². The van der Waals surface area contributed by atoms with Crippen molar-refractivity contribution in [3.05, 3.63) is 0 Å². The first kappa shape index (κ1) is 76.5. The molecular weight excluding hydrogens is 1300 g/mol. The standard InChI is InChI=1S/C51H86O43/c52-1-13-22(61)25(64)33(72)45(85-13)93-41-20(59)11(56)5-79-50(41)82-8-17-39(91-47-35(74)27(66)24(63)16(87-47)7-81-44-32(71)19(58)10(55)4-78-44)30(69)37(76)49(89-17)92-40-18(88-48(36(75)29(40)68)90-38-15(3-54)84-43(77)31(70)28(38)67)9-83-51-42(21(60)12(57)6-80-51)94-46-34(73)26(65)23(62)14(2-53)86-46/h10-77H,1-9H2/t10-,11-,12-,13?,14?,15+,16?,17+,18?,19-,20-,21-,22-,23-,24-,25-,26-,27-,28?,29+,30?,31?,32?,33?,34?,35?,36?,37?,38+,39+,40-,41?,42?,43?,44-,45-,46-,47-,48-,49+,50-,51-/m0/s1. The number of ether oxygens (including phenoxy) is 17. The molecule has 9 aliphatic heterocycles. The summed E-state index contributed by atoms with van der Waals surface area (Å²) in [6.45, 7) is -7.83. The molecule has 0 spiro atoms. The van der Waals surface area contributed by atoms with E-state index in [0.29, 0.717) is 0 Å². The molecule has 9 fully saturated rings. The SMILES string of the molecule is OCC1O[C@@H](OC2[C@H](OCC3O[C@@H](O[C@H]4C(O)C(O)C(O)O[C@@H]4CO)C(O)[C@@H](O)[C@H]3O[C@H]3O[C@H](CO[C@@H]4OC[C@H](O)[C@H](O)C4O[C@@H]4OC(CO)[C@H](O)[C@H](O)C4O)[C@@H](O[C@@H]4OC(CO[C@@H]5OC[C@H](O)[C@H](O)C5O)[C@H](O)[C@H](O)C4O)C(O)C3O)OC[C@H](O)[C@@H]2O)C(O)[C@@H](O)[C@H]1O. The minimum absolute atomic E-state index is 0.534. The van der Waals surface area contributed by atoms with E-state index in [4.69, 9.17) is 80.5 Å². The predicted octanol–water partition coefficient (Wildman–Crippen LogP) is -18.7. The maximum atomic E-state index is 12.1. The summed E-state index contributed by atoms with van der Waals surface area (Å²) in [6, 6.07) is 0. The Balaban J connectivity index is 1.00. The van der Waals surface area contributed by atoms with Gasteiger partial charge in [0.2, 0.25) is 0 Å². The van der Waals surface area contributed by atoms with Crippen LogP contribution >= 0.6 is 0 Å². The molecule has 42 atom stereocenters. The number of hydrogen-bond acceptors (Lipinski definition) is 43. The zero-order valence-corrected chi connectivity index (χ0v) is 49.2. The average molecular weight is 1390 g/mol. The van der Waals surface area contributed by atoms with Crippen molar-refractivity contribution in [2.45, 2.75) is 258 Å². The maximum Gasteiger partial charge on any atom is 0.187 e. The summed E-state index contributed by atoms with van der Waals surface area (Å²) in [5.74, 6) is 0. The Morgan fingerprint density at radius 2 is 0.500 bits per heavy atom. The first-order valence-corrected chi connectivity index (χ1v) is 29.9. The molecule has 94 heavy (non-hydrogen) atoms. The molecule has 0 radical (unpaired) electrons. The highest BCUT2D eigenvalue weighted by molar-refractivity contribution is 5.00. The van der Waals surface area contributed by atoms with Gasteiger partial charge in [0.25, 0.3) is 0 Å². The lowest BCUT2D eigenvalue weighted by Gasteiger charge is -2.49. The summed E-state index contributed by atoms with van der Waals surface area (Å²) >= 11 is 0. The Hall–Kier alpha value is -1.72. The van der Waals surface area contributed by atoms with E-state index in [-0.39, 0.29) is 0 Å². The van der Waals surface area contributed by atoms with Crippen molar-refractivity contribution in [2.75, 3.05) is 59.5 Å². The molecule has 9 rings (SSSR count). The molecule has 0 aromatic rings. The van der Waals surface area contributed by atoms with Gasteiger partial charge in [-0.05, 0) is 0 Å². The van der Waals surface area contributed by atoms with Crippen molar-refractivity contribution in [1.29, 1.82) is 0 Å². The lowest BCUT2D eigenvalue weighted by Crippen LogP contribution is -2.68. The van der Waals surface area contributed by atoms with Gasteiger partial charge in [-0.3, -0.25) is 0 Å². The normalized spacial score (nSPS) is 53.9. The largest absolute Gasteiger partial charge is 0.394 e. The zero-order valence-electron chi connectivity index (χ0n) is 49.2. The van der Waals surface area contributed by atoms with Crippen molar-refractivity contribution >= 4 is 0 Å². The van der Waals surface area contributed by atoms with Crippen LogP contribution in [-0.2, 0) is 80.5 Å². The van der Waals surface area contributed by atoms with Crippen LogP contribution in [0.1, 0.15) is 0 Å². The van der Waals surface area contributed by atoms with E-state index < -0.39 is 318 Å². The van der Waals surface area contributed by atoms with Gasteiger partial charge in [-0.25, -0.2) is 0 Å². The van der Waals surface area contributed by atoms with Gasteiger partial charge in [-0.15, -0.1) is 0 Å². The minimum Gasteiger partial charge on any atom is -0.394 e. The summed E-state index contributed by atoms with van der Waals surface area (Å²) in [7, 11) is 0. The van der Waals surface area contributed by atoms with Gasteiger partial charge in [0.1, 0.15) is 201 Å². The molecule has 9 aliphatic rings. The zero-order chi connectivity index (χ0) is 68.6. The minimum atomic E-state index is -2.48. The number of aliphatic hydroxyl groups excluding tert-OH is 26. The second-order valence-electron chi connectivity index (χ2n) is 24.0. The molecule has 0 aliphatic carbocycles. The Labute approximate surface area is 530 Å². The maximum absolute atomic E-state index is 12.1. The molecule has 9 heterocycles. The van der Waals surface area contributed by atoms with E-state index >= 15 is 0 Å². The van der Waals surface area contributed by atoms with Crippen LogP contribution in [0.25, 0.3) is 0 Å². The second-order valence-corrected chi connectivity index (χ2v) is 24.0. The van der Waals surface area contributed by atoms with E-state index in [1.54, 1.807) is 0 Å². The third-order valence-corrected chi connectivity index (χ3v) is 17.5. The molecule has 0 amide bonds. The van der Waals surface area contributed by atoms with Gasteiger partial charge in [0.15, 0.2) is 56.6 Å². The van der Waals surface area contributed by atoms with E-state index in [9.17, 15) is 133 Å². The highest BCUT2D eigenvalue weighted by Crippen LogP contribution is 2.38. The molecule has 26 N–H and O–H groups in total. The van der Waals surface area contributed by atoms with Gasteiger partial charge in [-0.1, -0.05) is 0 Å². The third kappa shape index (κ3) is 16.3. The Morgan fingerprint density at radius 3 is 0.894 bits per heavy atom. The summed E-state index contributed by atoms with van der Waals surface area (Å²) in [6.07, 6.45) is -84.5. The van der Waals surface area contributed by atoms with E-state index in [0.717, 1.165) is 0 Å². The Morgan fingerprint density at radius 1 is 0.223 bits per heavy atom. The van der Waals surface area contributed by atoms with Crippen molar-refractivity contribution in [1.82, 2.24) is 0 Å².